The van der Waals surface area contributed by atoms with Gasteiger partial charge in [-0.05, 0) is 86.8 Å². The summed E-state index contributed by atoms with van der Waals surface area (Å²) in [5, 5.41) is 3.91. The normalized spacial score (nSPS) is 37.6. The van der Waals surface area contributed by atoms with Gasteiger partial charge < -0.3 is 5.32 Å². The van der Waals surface area contributed by atoms with Crippen molar-refractivity contribution in [2.45, 2.75) is 52.5 Å². The molecule has 3 aliphatic rings. The van der Waals surface area contributed by atoms with Crippen molar-refractivity contribution in [3.8, 4) is 0 Å². The lowest BCUT2D eigenvalue weighted by atomic mass is 9.90. The Morgan fingerprint density at radius 2 is 1.86 bits per heavy atom. The van der Waals surface area contributed by atoms with Gasteiger partial charge in [0.05, 0.1) is 0 Å². The van der Waals surface area contributed by atoms with Crippen LogP contribution in [0.5, 0.6) is 0 Å². The number of fused-ring (bicyclic) bond motifs is 5. The molecule has 1 aromatic rings. The highest BCUT2D eigenvalue weighted by atomic mass is 15.0. The van der Waals surface area contributed by atoms with Gasteiger partial charge in [-0.3, -0.25) is 0 Å². The maximum absolute atomic E-state index is 3.91. The summed E-state index contributed by atoms with van der Waals surface area (Å²) in [5.74, 6) is 5.18. The van der Waals surface area contributed by atoms with E-state index in [0.29, 0.717) is 6.04 Å². The number of benzene rings is 1. The molecule has 0 heterocycles. The molecule has 0 saturated heterocycles. The Morgan fingerprint density at radius 1 is 1.14 bits per heavy atom. The first-order chi connectivity index (χ1) is 10.2. The fourth-order valence-corrected chi connectivity index (χ4v) is 5.69. The minimum atomic E-state index is 0.614. The summed E-state index contributed by atoms with van der Waals surface area (Å²) in [6.45, 7) is 7.97. The average molecular weight is 283 g/mol. The van der Waals surface area contributed by atoms with Gasteiger partial charge >= 0.3 is 0 Å². The van der Waals surface area contributed by atoms with Crippen LogP contribution < -0.4 is 5.32 Å². The van der Waals surface area contributed by atoms with Gasteiger partial charge in [0.1, 0.15) is 0 Å². The van der Waals surface area contributed by atoms with E-state index in [9.17, 15) is 0 Å². The minimum absolute atomic E-state index is 0.614. The number of hydrogen-bond donors (Lipinski definition) is 1. The molecule has 21 heavy (non-hydrogen) atoms. The summed E-state index contributed by atoms with van der Waals surface area (Å²) < 4.78 is 0. The highest BCUT2D eigenvalue weighted by Crippen LogP contribution is 2.72. The molecule has 2 bridgehead atoms. The zero-order valence-corrected chi connectivity index (χ0v) is 13.7. The van der Waals surface area contributed by atoms with Crippen LogP contribution in [0.2, 0.25) is 0 Å². The molecule has 0 amide bonds. The first-order valence-electron chi connectivity index (χ1n) is 9.01. The van der Waals surface area contributed by atoms with Crippen LogP contribution in [0.1, 0.15) is 55.3 Å². The van der Waals surface area contributed by atoms with Crippen molar-refractivity contribution in [3.05, 3.63) is 34.9 Å². The highest BCUT2D eigenvalue weighted by Gasteiger charge is 2.66. The van der Waals surface area contributed by atoms with Crippen LogP contribution in [-0.4, -0.2) is 6.54 Å². The van der Waals surface area contributed by atoms with E-state index in [4.69, 9.17) is 0 Å². The molecule has 3 fully saturated rings. The van der Waals surface area contributed by atoms with Gasteiger partial charge in [-0.2, -0.15) is 0 Å². The van der Waals surface area contributed by atoms with Crippen LogP contribution >= 0.6 is 0 Å². The first-order valence-corrected chi connectivity index (χ1v) is 9.01. The van der Waals surface area contributed by atoms with E-state index in [2.05, 4.69) is 44.3 Å². The third kappa shape index (κ3) is 2.16. The molecule has 3 saturated carbocycles. The lowest BCUT2D eigenvalue weighted by molar-refractivity contribution is 0.369. The summed E-state index contributed by atoms with van der Waals surface area (Å²) in [7, 11) is 0. The monoisotopic (exact) mass is 283 g/mol. The fraction of sp³-hybridized carbons (Fsp3) is 0.700. The summed E-state index contributed by atoms with van der Waals surface area (Å²) in [6, 6.07) is 7.63. The van der Waals surface area contributed by atoms with Crippen LogP contribution in [0.3, 0.4) is 0 Å². The number of hydrogen-bond acceptors (Lipinski definition) is 1. The van der Waals surface area contributed by atoms with E-state index >= 15 is 0 Å². The Balaban J connectivity index is 1.62. The van der Waals surface area contributed by atoms with Gasteiger partial charge in [0, 0.05) is 6.04 Å². The largest absolute Gasteiger partial charge is 0.310 e. The Hall–Kier alpha value is -0.820. The fourth-order valence-electron chi connectivity index (χ4n) is 5.69. The maximum Gasteiger partial charge on any atom is 0.0357 e. The van der Waals surface area contributed by atoms with Crippen LogP contribution in [0.25, 0.3) is 0 Å². The lowest BCUT2D eigenvalue weighted by Gasteiger charge is -2.24. The number of rotatable bonds is 5. The standard InChI is InChI=1S/C20H29N/c1-4-9-21-20(16-10-12(2)5-6-13(16)3)19-17-14-7-8-15(11-14)18(17)19/h5-6,10,14-15,17-21H,4,7-9,11H2,1-3H3. The summed E-state index contributed by atoms with van der Waals surface area (Å²) in [5.41, 5.74) is 4.47. The predicted octanol–water partition coefficient (Wildman–Crippen LogP) is 4.64. The Morgan fingerprint density at radius 3 is 2.52 bits per heavy atom. The Kier molecular flexibility index (Phi) is 3.37. The van der Waals surface area contributed by atoms with Gasteiger partial charge in [-0.1, -0.05) is 30.7 Å². The molecular formula is C20H29N. The van der Waals surface area contributed by atoms with Crippen molar-refractivity contribution < 1.29 is 0 Å². The topological polar surface area (TPSA) is 12.0 Å². The van der Waals surface area contributed by atoms with E-state index in [1.807, 2.05) is 0 Å². The molecular weight excluding hydrogens is 254 g/mol. The van der Waals surface area contributed by atoms with E-state index in [1.165, 1.54) is 30.4 Å². The second-order valence-corrected chi connectivity index (χ2v) is 7.86. The van der Waals surface area contributed by atoms with Crippen molar-refractivity contribution in [2.24, 2.45) is 29.6 Å². The molecule has 0 radical (unpaired) electrons. The van der Waals surface area contributed by atoms with Gasteiger partial charge in [0.15, 0.2) is 0 Å². The van der Waals surface area contributed by atoms with E-state index in [-0.39, 0.29) is 0 Å². The molecule has 4 rings (SSSR count). The van der Waals surface area contributed by atoms with Crippen molar-refractivity contribution in [1.82, 2.24) is 5.32 Å². The maximum atomic E-state index is 3.91. The Labute approximate surface area is 129 Å². The third-order valence-corrected chi connectivity index (χ3v) is 6.56. The molecule has 1 nitrogen and oxygen atoms in total. The van der Waals surface area contributed by atoms with Gasteiger partial charge in [-0.25, -0.2) is 0 Å². The zero-order valence-electron chi connectivity index (χ0n) is 13.7. The summed E-state index contributed by atoms with van der Waals surface area (Å²) in [4.78, 5) is 0. The SMILES string of the molecule is CCCNC(c1cc(C)ccc1C)C1C2C3CCC(C3)C21. The summed E-state index contributed by atoms with van der Waals surface area (Å²) in [6.07, 6.45) is 5.83. The second-order valence-electron chi connectivity index (χ2n) is 7.86. The molecule has 1 N–H and O–H groups in total. The molecule has 1 aromatic carbocycles. The molecule has 0 aromatic heterocycles. The molecule has 3 aliphatic carbocycles. The molecule has 5 unspecified atom stereocenters. The molecule has 0 aliphatic heterocycles. The van der Waals surface area contributed by atoms with Gasteiger partial charge in [-0.15, -0.1) is 0 Å². The van der Waals surface area contributed by atoms with Crippen LogP contribution in [-0.2, 0) is 0 Å². The van der Waals surface area contributed by atoms with Crippen LogP contribution in [0, 0.1) is 43.4 Å². The van der Waals surface area contributed by atoms with Crippen molar-refractivity contribution in [1.29, 1.82) is 0 Å². The predicted molar refractivity (Wildman–Crippen MR) is 88.3 cm³/mol. The third-order valence-electron chi connectivity index (χ3n) is 6.56. The minimum Gasteiger partial charge on any atom is -0.310 e. The van der Waals surface area contributed by atoms with E-state index < -0.39 is 0 Å². The number of aryl methyl sites for hydroxylation is 2. The molecule has 114 valence electrons. The zero-order chi connectivity index (χ0) is 14.6. The van der Waals surface area contributed by atoms with E-state index in [0.717, 1.165) is 36.1 Å². The average Bonchev–Trinajstić information content (AvgIpc) is 2.89. The number of nitrogens with one attached hydrogen (secondary N) is 1. The highest BCUT2D eigenvalue weighted by molar-refractivity contribution is 5.35. The molecule has 5 atom stereocenters. The van der Waals surface area contributed by atoms with Gasteiger partial charge in [0.2, 0.25) is 0 Å². The van der Waals surface area contributed by atoms with Crippen molar-refractivity contribution in [3.63, 3.8) is 0 Å². The quantitative estimate of drug-likeness (QED) is 0.830. The van der Waals surface area contributed by atoms with Crippen molar-refractivity contribution >= 4 is 0 Å². The smallest absolute Gasteiger partial charge is 0.0357 e. The Bertz CT molecular complexity index is 519. The molecule has 0 spiro atoms. The van der Waals surface area contributed by atoms with E-state index in [1.54, 1.807) is 12.0 Å². The van der Waals surface area contributed by atoms with Gasteiger partial charge in [0.25, 0.3) is 0 Å². The summed E-state index contributed by atoms with van der Waals surface area (Å²) >= 11 is 0. The first kappa shape index (κ1) is 13.8. The lowest BCUT2D eigenvalue weighted by Crippen LogP contribution is -2.27. The van der Waals surface area contributed by atoms with Crippen molar-refractivity contribution in [2.75, 3.05) is 6.54 Å². The van der Waals surface area contributed by atoms with Crippen LogP contribution in [0.15, 0.2) is 18.2 Å². The van der Waals surface area contributed by atoms with Crippen LogP contribution in [0.4, 0.5) is 0 Å². The molecule has 1 heteroatoms. The second kappa shape index (κ2) is 5.12.